The second kappa shape index (κ2) is 4.68. The van der Waals surface area contributed by atoms with Gasteiger partial charge in [-0.2, -0.15) is 0 Å². The Labute approximate surface area is 109 Å². The van der Waals surface area contributed by atoms with Crippen molar-refractivity contribution in [3.05, 3.63) is 54.1 Å². The molecule has 4 nitrogen and oxygen atoms in total. The number of hydrogen-bond donors (Lipinski definition) is 1. The van der Waals surface area contributed by atoms with Gasteiger partial charge in [0.15, 0.2) is 0 Å². The minimum Gasteiger partial charge on any atom is -0.369 e. The Hall–Kier alpha value is -2.43. The lowest BCUT2D eigenvalue weighted by Gasteiger charge is -2.06. The predicted molar refractivity (Wildman–Crippen MR) is 72.0 cm³/mol. The van der Waals surface area contributed by atoms with E-state index < -0.39 is 0 Å². The predicted octanol–water partition coefficient (Wildman–Crippen LogP) is 2.40. The molecule has 2 aromatic heterocycles. The number of nitrogens with zero attached hydrogens (tertiary/aromatic N) is 3. The Bertz CT molecular complexity index is 706. The average Bonchev–Trinajstić information content (AvgIpc) is 2.73. The molecule has 0 unspecified atom stereocenters. The van der Waals surface area contributed by atoms with Crippen molar-refractivity contribution in [2.75, 3.05) is 5.73 Å². The molecule has 0 saturated carbocycles. The summed E-state index contributed by atoms with van der Waals surface area (Å²) < 4.78 is 15.1. The Morgan fingerprint density at radius 2 is 2.11 bits per heavy atom. The number of aromatic nitrogens is 3. The van der Waals surface area contributed by atoms with Gasteiger partial charge >= 0.3 is 0 Å². The number of aryl methyl sites for hydroxylation is 2. The third kappa shape index (κ3) is 2.27. The van der Waals surface area contributed by atoms with Gasteiger partial charge in [-0.05, 0) is 30.3 Å². The summed E-state index contributed by atoms with van der Waals surface area (Å²) in [6.45, 7) is 0.628. The van der Waals surface area contributed by atoms with E-state index in [0.717, 1.165) is 12.1 Å². The Morgan fingerprint density at radius 1 is 1.21 bits per heavy atom. The fraction of sp³-hybridized carbons (Fsp3) is 0.143. The highest BCUT2D eigenvalue weighted by Crippen LogP contribution is 2.19. The lowest BCUT2D eigenvalue weighted by molar-refractivity contribution is 0.627. The molecule has 3 aromatic rings. The van der Waals surface area contributed by atoms with Crippen LogP contribution in [0.5, 0.6) is 0 Å². The number of nitrogen functional groups attached to an aromatic ring is 1. The van der Waals surface area contributed by atoms with Crippen LogP contribution in [0, 0.1) is 5.82 Å². The fourth-order valence-electron chi connectivity index (χ4n) is 2.12. The standard InChI is InChI=1S/C14H13FN4/c15-10-4-5-12-13(9-10)19(14(16)18-12)8-6-11-3-1-2-7-17-11/h1-5,7,9H,6,8H2,(H2,16,18). The first-order chi connectivity index (χ1) is 9.24. The van der Waals surface area contributed by atoms with Crippen LogP contribution in [0.25, 0.3) is 11.0 Å². The minimum absolute atomic E-state index is 0.286. The Kier molecular flexibility index (Phi) is 2.87. The summed E-state index contributed by atoms with van der Waals surface area (Å²) in [6, 6.07) is 10.3. The maximum Gasteiger partial charge on any atom is 0.201 e. The van der Waals surface area contributed by atoms with E-state index in [4.69, 9.17) is 5.73 Å². The van der Waals surface area contributed by atoms with Gasteiger partial charge in [0.1, 0.15) is 5.82 Å². The summed E-state index contributed by atoms with van der Waals surface area (Å²) in [4.78, 5) is 8.48. The van der Waals surface area contributed by atoms with Gasteiger partial charge in [0, 0.05) is 24.9 Å². The fourth-order valence-corrected chi connectivity index (χ4v) is 2.12. The summed E-state index contributed by atoms with van der Waals surface area (Å²) in [5.74, 6) is 0.114. The number of pyridine rings is 1. The largest absolute Gasteiger partial charge is 0.369 e. The first-order valence-electron chi connectivity index (χ1n) is 6.05. The summed E-state index contributed by atoms with van der Waals surface area (Å²) in [5, 5.41) is 0. The van der Waals surface area contributed by atoms with Crippen LogP contribution in [-0.2, 0) is 13.0 Å². The molecule has 0 radical (unpaired) electrons. The van der Waals surface area contributed by atoms with Gasteiger partial charge < -0.3 is 10.3 Å². The van der Waals surface area contributed by atoms with Crippen molar-refractivity contribution in [2.24, 2.45) is 0 Å². The highest BCUT2D eigenvalue weighted by atomic mass is 19.1. The van der Waals surface area contributed by atoms with Crippen LogP contribution in [0.15, 0.2) is 42.6 Å². The minimum atomic E-state index is -0.286. The summed E-state index contributed by atoms with van der Waals surface area (Å²) in [7, 11) is 0. The van der Waals surface area contributed by atoms with Crippen molar-refractivity contribution >= 4 is 17.0 Å². The summed E-state index contributed by atoms with van der Waals surface area (Å²) in [6.07, 6.45) is 2.48. The van der Waals surface area contributed by atoms with Crippen LogP contribution >= 0.6 is 0 Å². The number of nitrogens with two attached hydrogens (primary N) is 1. The van der Waals surface area contributed by atoms with Crippen molar-refractivity contribution in [1.29, 1.82) is 0 Å². The molecule has 0 aliphatic heterocycles. The van der Waals surface area contributed by atoms with Crippen molar-refractivity contribution in [3.8, 4) is 0 Å². The maximum atomic E-state index is 13.3. The van der Waals surface area contributed by atoms with E-state index in [1.54, 1.807) is 12.3 Å². The zero-order valence-corrected chi connectivity index (χ0v) is 10.3. The molecule has 0 aliphatic rings. The van der Waals surface area contributed by atoms with Crippen LogP contribution in [0.3, 0.4) is 0 Å². The molecule has 5 heteroatoms. The highest BCUT2D eigenvalue weighted by Gasteiger charge is 2.09. The van der Waals surface area contributed by atoms with Gasteiger partial charge in [0.25, 0.3) is 0 Å². The number of anilines is 1. The van der Waals surface area contributed by atoms with Gasteiger partial charge in [-0.3, -0.25) is 4.98 Å². The van der Waals surface area contributed by atoms with E-state index in [1.165, 1.54) is 12.1 Å². The Morgan fingerprint density at radius 3 is 2.89 bits per heavy atom. The third-order valence-electron chi connectivity index (χ3n) is 3.06. The first kappa shape index (κ1) is 11.6. The third-order valence-corrected chi connectivity index (χ3v) is 3.06. The van der Waals surface area contributed by atoms with E-state index in [2.05, 4.69) is 9.97 Å². The van der Waals surface area contributed by atoms with Gasteiger partial charge in [-0.1, -0.05) is 6.07 Å². The quantitative estimate of drug-likeness (QED) is 0.782. The van der Waals surface area contributed by atoms with Gasteiger partial charge in [-0.15, -0.1) is 0 Å². The first-order valence-corrected chi connectivity index (χ1v) is 6.05. The van der Waals surface area contributed by atoms with Crippen LogP contribution in [-0.4, -0.2) is 14.5 Å². The van der Waals surface area contributed by atoms with E-state index in [0.29, 0.717) is 23.5 Å². The second-order valence-corrected chi connectivity index (χ2v) is 4.33. The molecule has 2 N–H and O–H groups in total. The van der Waals surface area contributed by atoms with Crippen molar-refractivity contribution in [3.63, 3.8) is 0 Å². The van der Waals surface area contributed by atoms with Crippen LogP contribution in [0.4, 0.5) is 10.3 Å². The molecule has 0 spiro atoms. The summed E-state index contributed by atoms with van der Waals surface area (Å²) >= 11 is 0. The SMILES string of the molecule is Nc1nc2ccc(F)cc2n1CCc1ccccn1. The van der Waals surface area contributed by atoms with Gasteiger partial charge in [0.05, 0.1) is 11.0 Å². The van der Waals surface area contributed by atoms with Gasteiger partial charge in [-0.25, -0.2) is 9.37 Å². The molecule has 0 fully saturated rings. The maximum absolute atomic E-state index is 13.3. The van der Waals surface area contributed by atoms with Crippen molar-refractivity contribution in [1.82, 2.24) is 14.5 Å². The lowest BCUT2D eigenvalue weighted by atomic mass is 10.2. The molecule has 1 aromatic carbocycles. The topological polar surface area (TPSA) is 56.7 Å². The number of benzene rings is 1. The van der Waals surface area contributed by atoms with Crippen LogP contribution in [0.1, 0.15) is 5.69 Å². The van der Waals surface area contributed by atoms with E-state index in [9.17, 15) is 4.39 Å². The molecule has 19 heavy (non-hydrogen) atoms. The number of rotatable bonds is 3. The average molecular weight is 256 g/mol. The normalized spacial score (nSPS) is 11.0. The molecule has 2 heterocycles. The monoisotopic (exact) mass is 256 g/mol. The number of imidazole rings is 1. The molecule has 3 rings (SSSR count). The summed E-state index contributed by atoms with van der Waals surface area (Å²) in [5.41, 5.74) is 8.27. The van der Waals surface area contributed by atoms with E-state index in [1.807, 2.05) is 22.8 Å². The molecule has 0 atom stereocenters. The smallest absolute Gasteiger partial charge is 0.201 e. The van der Waals surface area contributed by atoms with Crippen molar-refractivity contribution < 1.29 is 4.39 Å². The number of fused-ring (bicyclic) bond motifs is 1. The van der Waals surface area contributed by atoms with Gasteiger partial charge in [0.2, 0.25) is 5.95 Å². The van der Waals surface area contributed by atoms with E-state index >= 15 is 0 Å². The molecule has 0 aliphatic carbocycles. The zero-order valence-electron chi connectivity index (χ0n) is 10.3. The Balaban J connectivity index is 1.92. The van der Waals surface area contributed by atoms with E-state index in [-0.39, 0.29) is 5.82 Å². The van der Waals surface area contributed by atoms with Crippen LogP contribution in [0.2, 0.25) is 0 Å². The molecular formula is C14H13FN4. The highest BCUT2D eigenvalue weighted by molar-refractivity contribution is 5.78. The molecule has 0 amide bonds. The number of halogens is 1. The van der Waals surface area contributed by atoms with Crippen molar-refractivity contribution in [2.45, 2.75) is 13.0 Å². The van der Waals surface area contributed by atoms with Crippen LogP contribution < -0.4 is 5.73 Å². The molecule has 0 saturated heterocycles. The molecule has 96 valence electrons. The molecular weight excluding hydrogens is 243 g/mol. The molecule has 0 bridgehead atoms. The second-order valence-electron chi connectivity index (χ2n) is 4.33. The zero-order chi connectivity index (χ0) is 13.2. The number of hydrogen-bond acceptors (Lipinski definition) is 3. The lowest BCUT2D eigenvalue weighted by Crippen LogP contribution is -2.06.